The molecule has 0 aromatic carbocycles. The van der Waals surface area contributed by atoms with Gasteiger partial charge in [0.15, 0.2) is 0 Å². The lowest BCUT2D eigenvalue weighted by molar-refractivity contribution is 0.475. The first-order chi connectivity index (χ1) is 3.13. The third kappa shape index (κ3) is 5.98. The second kappa shape index (κ2) is 3.04. The van der Waals surface area contributed by atoms with Gasteiger partial charge in [0.05, 0.1) is 0 Å². The van der Waals surface area contributed by atoms with Crippen LogP contribution in [0.4, 0.5) is 0 Å². The van der Waals surface area contributed by atoms with Crippen molar-refractivity contribution in [3.05, 3.63) is 0 Å². The summed E-state index contributed by atoms with van der Waals surface area (Å²) < 4.78 is 10.2. The van der Waals surface area contributed by atoms with E-state index in [9.17, 15) is 4.21 Å². The molecule has 0 saturated carbocycles. The van der Waals surface area contributed by atoms with Crippen molar-refractivity contribution in [1.29, 1.82) is 0 Å². The summed E-state index contributed by atoms with van der Waals surface area (Å²) in [5.41, 5.74) is 0. The molecule has 0 saturated heterocycles. The Balaban J connectivity index is 3.32. The van der Waals surface area contributed by atoms with Crippen molar-refractivity contribution >= 4 is 16.3 Å². The van der Waals surface area contributed by atoms with Gasteiger partial charge in [-0.05, 0) is 14.1 Å². The van der Waals surface area contributed by atoms with Gasteiger partial charge in [0.1, 0.15) is 0 Å². The predicted octanol–water partition coefficient (Wildman–Crippen LogP) is -0.0987. The first-order valence-corrected chi connectivity index (χ1v) is 3.44. The van der Waals surface area contributed by atoms with E-state index in [4.69, 9.17) is 0 Å². The quantitative estimate of drug-likeness (QED) is 0.375. The first kappa shape index (κ1) is 6.98. The molecule has 0 bridgehead atoms. The van der Waals surface area contributed by atoms with E-state index in [2.05, 4.69) is 5.87 Å². The Morgan fingerprint density at radius 2 is 2.14 bits per heavy atom. The summed E-state index contributed by atoms with van der Waals surface area (Å²) in [4.78, 5) is 1.84. The second-order valence-corrected chi connectivity index (χ2v) is 2.79. The summed E-state index contributed by atoms with van der Waals surface area (Å²) in [6.07, 6.45) is 0. The third-order valence-electron chi connectivity index (χ3n) is 0.402. The van der Waals surface area contributed by atoms with Gasteiger partial charge in [0, 0.05) is 0 Å². The van der Waals surface area contributed by atoms with Crippen molar-refractivity contribution in [2.75, 3.05) is 20.0 Å². The molecule has 0 unspecified atom stereocenters. The zero-order valence-corrected chi connectivity index (χ0v) is 5.49. The van der Waals surface area contributed by atoms with Crippen LogP contribution < -0.4 is 0 Å². The molecule has 0 amide bonds. The van der Waals surface area contributed by atoms with Gasteiger partial charge >= 0.3 is 0 Å². The van der Waals surface area contributed by atoms with E-state index in [0.717, 1.165) is 0 Å². The number of nitrogens with zero attached hydrogens (tertiary/aromatic N) is 1. The highest BCUT2D eigenvalue weighted by molar-refractivity contribution is 7.82. The normalized spacial score (nSPS) is 10.9. The molecule has 0 radical (unpaired) electrons. The highest BCUT2D eigenvalue weighted by atomic mass is 32.2. The van der Waals surface area contributed by atoms with Gasteiger partial charge in [0.25, 0.3) is 0 Å². The Hall–Kier alpha value is -0.0200. The van der Waals surface area contributed by atoms with E-state index >= 15 is 0 Å². The van der Waals surface area contributed by atoms with Crippen molar-refractivity contribution < 1.29 is 4.21 Å². The van der Waals surface area contributed by atoms with Crippen LogP contribution in [0.15, 0.2) is 0 Å². The molecule has 0 heterocycles. The molecule has 0 aliphatic heterocycles. The fourth-order valence-electron chi connectivity index (χ4n) is 0.288. The maximum Gasteiger partial charge on any atom is -0.0156 e. The van der Waals surface area contributed by atoms with Gasteiger partial charge in [-0.1, -0.05) is 5.88 Å². The zero-order valence-electron chi connectivity index (χ0n) is 4.68. The van der Waals surface area contributed by atoms with Crippen LogP contribution >= 0.6 is 0 Å². The predicted molar refractivity (Wildman–Crippen MR) is 33.7 cm³/mol. The Morgan fingerprint density at radius 3 is 2.14 bits per heavy atom. The lowest BCUT2D eigenvalue weighted by Gasteiger charge is -2.09. The summed E-state index contributed by atoms with van der Waals surface area (Å²) in [7, 11) is 2.81. The van der Waals surface area contributed by atoms with Gasteiger partial charge in [0.2, 0.25) is 0 Å². The molecule has 0 aliphatic rings. The highest BCUT2D eigenvalue weighted by Gasteiger charge is 1.73. The summed E-state index contributed by atoms with van der Waals surface area (Å²) in [5.74, 6) is 3.86. The summed E-state index contributed by atoms with van der Waals surface area (Å²) >= 11 is 0. The molecule has 2 nitrogen and oxygen atoms in total. The van der Waals surface area contributed by atoms with Crippen molar-refractivity contribution in [2.24, 2.45) is 0 Å². The second-order valence-electron chi connectivity index (χ2n) is 1.65. The fourth-order valence-corrected chi connectivity index (χ4v) is 0.864. The minimum Gasteiger partial charge on any atom is -0.461 e. The van der Waals surface area contributed by atoms with Gasteiger partial charge < -0.3 is 9.11 Å². The summed E-state index contributed by atoms with van der Waals surface area (Å²) in [6.45, 7) is 0. The van der Waals surface area contributed by atoms with Crippen molar-refractivity contribution in [2.45, 2.75) is 0 Å². The van der Waals surface area contributed by atoms with Crippen LogP contribution in [0.25, 0.3) is 0 Å². The van der Waals surface area contributed by atoms with Crippen molar-refractivity contribution in [3.63, 3.8) is 0 Å². The molecule has 44 valence electrons. The van der Waals surface area contributed by atoms with Crippen molar-refractivity contribution in [1.82, 2.24) is 4.90 Å². The number of hydrogen-bond donors (Lipinski definition) is 0. The Bertz CT molecular complexity index is 98.3. The number of rotatable bonds is 2. The Morgan fingerprint density at radius 1 is 1.71 bits per heavy atom. The fraction of sp³-hybridized carbons (Fsp3) is 0.750. The van der Waals surface area contributed by atoms with Crippen LogP contribution in [0.3, 0.4) is 0 Å². The monoisotopic (exact) mass is 120 g/mol. The van der Waals surface area contributed by atoms with Crippen molar-refractivity contribution in [3.8, 4) is 0 Å². The SMILES string of the molecule is C=[S-](=O)CN(C)C. The first-order valence-electron chi connectivity index (χ1n) is 1.95. The molecule has 0 atom stereocenters. The molecular weight excluding hydrogens is 110 g/mol. The lowest BCUT2D eigenvalue weighted by atomic mass is 11.0. The van der Waals surface area contributed by atoms with E-state index in [-0.39, 0.29) is 0 Å². The molecule has 0 aromatic heterocycles. The average molecular weight is 120 g/mol. The molecule has 7 heavy (non-hydrogen) atoms. The molecule has 0 aliphatic carbocycles. The van der Waals surface area contributed by atoms with Gasteiger partial charge in [-0.3, -0.25) is 10.4 Å². The zero-order chi connectivity index (χ0) is 5.86. The van der Waals surface area contributed by atoms with Crippen LogP contribution in [0.2, 0.25) is 0 Å². The highest BCUT2D eigenvalue weighted by Crippen LogP contribution is 1.70. The van der Waals surface area contributed by atoms with Gasteiger partial charge in [-0.2, -0.15) is 5.87 Å². The van der Waals surface area contributed by atoms with Crippen LogP contribution in [-0.4, -0.2) is 30.7 Å². The maximum atomic E-state index is 10.2. The molecule has 0 aromatic rings. The van der Waals surface area contributed by atoms with Gasteiger partial charge in [-0.15, -0.1) is 0 Å². The average Bonchev–Trinajstić information content (AvgIpc) is 1.27. The Labute approximate surface area is 46.2 Å². The van der Waals surface area contributed by atoms with E-state index in [1.807, 2.05) is 19.0 Å². The lowest BCUT2D eigenvalue weighted by Crippen LogP contribution is -2.13. The van der Waals surface area contributed by atoms with Crippen LogP contribution in [0, 0.1) is 0 Å². The molecule has 0 N–H and O–H groups in total. The third-order valence-corrected chi connectivity index (χ3v) is 1.21. The Kier molecular flexibility index (Phi) is 3.04. The van der Waals surface area contributed by atoms with E-state index in [0.29, 0.717) is 5.88 Å². The van der Waals surface area contributed by atoms with Crippen LogP contribution in [0.5, 0.6) is 0 Å². The van der Waals surface area contributed by atoms with E-state index < -0.39 is 10.4 Å². The maximum absolute atomic E-state index is 10.2. The largest absolute Gasteiger partial charge is 0.461 e. The molecule has 3 heteroatoms. The topological polar surface area (TPSA) is 20.3 Å². The molecular formula is C4H10NOS-. The number of hydrogen-bond acceptors (Lipinski definition) is 3. The molecule has 0 fully saturated rings. The van der Waals surface area contributed by atoms with Crippen LogP contribution in [0.1, 0.15) is 0 Å². The molecule has 0 rings (SSSR count). The molecule has 0 spiro atoms. The standard InChI is InChI=1S/C4H10NOS/c1-5(2)4-7(3)6/h3-4H2,1-2H3/q-1. The minimum absolute atomic E-state index is 0.556. The smallest absolute Gasteiger partial charge is 0.0156 e. The van der Waals surface area contributed by atoms with E-state index in [1.54, 1.807) is 0 Å². The summed E-state index contributed by atoms with van der Waals surface area (Å²) in [6, 6.07) is 0. The van der Waals surface area contributed by atoms with Crippen LogP contribution in [-0.2, 0) is 14.6 Å². The van der Waals surface area contributed by atoms with Gasteiger partial charge in [-0.25, -0.2) is 0 Å². The minimum atomic E-state index is -0.920. The van der Waals surface area contributed by atoms with E-state index in [1.165, 1.54) is 0 Å². The summed E-state index contributed by atoms with van der Waals surface area (Å²) in [5, 5.41) is 0.